The number of amidine groups is 1. The van der Waals surface area contributed by atoms with Crippen LogP contribution in [0.3, 0.4) is 0 Å². The van der Waals surface area contributed by atoms with Crippen LogP contribution >= 0.6 is 0 Å². The first-order valence-corrected chi connectivity index (χ1v) is 6.82. The molecule has 5 heteroatoms. The van der Waals surface area contributed by atoms with Crippen LogP contribution in [0.4, 0.5) is 10.5 Å². The van der Waals surface area contributed by atoms with Gasteiger partial charge in [0.15, 0.2) is 5.84 Å². The third-order valence-corrected chi connectivity index (χ3v) is 2.93. The highest BCUT2D eigenvalue weighted by molar-refractivity contribution is 6.02. The molecule has 0 radical (unpaired) electrons. The molecule has 2 N–H and O–H groups in total. The molecule has 2 amide bonds. The number of allylic oxidation sites excluding steroid dienone is 2. The van der Waals surface area contributed by atoms with E-state index in [4.69, 9.17) is 0 Å². The summed E-state index contributed by atoms with van der Waals surface area (Å²) >= 11 is 0. The number of carbonyl (C=O) groups is 1. The van der Waals surface area contributed by atoms with Gasteiger partial charge >= 0.3 is 6.03 Å². The first kappa shape index (κ1) is 16.6. The molecule has 0 heterocycles. The highest BCUT2D eigenvalue weighted by Gasteiger charge is 2.04. The van der Waals surface area contributed by atoms with Crippen LogP contribution < -0.4 is 10.6 Å². The van der Waals surface area contributed by atoms with Gasteiger partial charge in [0.2, 0.25) is 0 Å². The molecule has 112 valence electrons. The zero-order chi connectivity index (χ0) is 15.8. The van der Waals surface area contributed by atoms with Gasteiger partial charge in [0, 0.05) is 24.0 Å². The number of carbonyl (C=O) groups excluding carboxylic acids is 1. The Morgan fingerprint density at radius 2 is 1.86 bits per heavy atom. The van der Waals surface area contributed by atoms with E-state index in [1.165, 1.54) is 0 Å². The summed E-state index contributed by atoms with van der Waals surface area (Å²) in [4.78, 5) is 19.8. The molecule has 1 rings (SSSR count). The minimum absolute atomic E-state index is 0.253. The van der Waals surface area contributed by atoms with E-state index in [2.05, 4.69) is 34.3 Å². The molecule has 0 atom stereocenters. The minimum Gasteiger partial charge on any atom is -0.341 e. The zero-order valence-corrected chi connectivity index (χ0v) is 13.0. The van der Waals surface area contributed by atoms with Crippen LogP contribution in [-0.4, -0.2) is 25.6 Å². The van der Waals surface area contributed by atoms with Crippen molar-refractivity contribution in [1.29, 1.82) is 0 Å². The summed E-state index contributed by atoms with van der Waals surface area (Å²) in [7, 11) is 1.57. The number of benzene rings is 1. The number of hydrogen-bond donors (Lipinski definition) is 2. The Hall–Kier alpha value is -2.43. The highest BCUT2D eigenvalue weighted by atomic mass is 16.2. The fourth-order valence-electron chi connectivity index (χ4n) is 1.76. The first-order valence-electron chi connectivity index (χ1n) is 6.82. The fraction of sp³-hybridized carbons (Fsp3) is 0.312. The van der Waals surface area contributed by atoms with Crippen LogP contribution in [0.15, 0.2) is 45.5 Å². The lowest BCUT2D eigenvalue weighted by molar-refractivity contribution is 0.254. The predicted octanol–water partition coefficient (Wildman–Crippen LogP) is 3.59. The number of anilines is 1. The molecule has 0 unspecified atom stereocenters. The second kappa shape index (κ2) is 7.99. The van der Waals surface area contributed by atoms with Crippen molar-refractivity contribution in [2.45, 2.75) is 27.2 Å². The third kappa shape index (κ3) is 4.87. The van der Waals surface area contributed by atoms with E-state index in [9.17, 15) is 4.79 Å². The van der Waals surface area contributed by atoms with Gasteiger partial charge in [0.1, 0.15) is 0 Å². The molecule has 0 fully saturated rings. The van der Waals surface area contributed by atoms with E-state index in [1.54, 1.807) is 19.2 Å². The van der Waals surface area contributed by atoms with Crippen molar-refractivity contribution in [2.75, 3.05) is 12.4 Å². The molecule has 0 spiro atoms. The van der Waals surface area contributed by atoms with Crippen LogP contribution in [0.2, 0.25) is 0 Å². The number of nitrogens with zero attached hydrogens (tertiary/aromatic N) is 2. The molecule has 0 aliphatic rings. The number of rotatable bonds is 4. The molecule has 5 nitrogen and oxygen atoms in total. The molecular formula is C16H22N4O. The average molecular weight is 286 g/mol. The van der Waals surface area contributed by atoms with Crippen LogP contribution in [0.25, 0.3) is 0 Å². The Balaban J connectivity index is 3.03. The number of hydrogen-bond acceptors (Lipinski definition) is 2. The molecule has 1 aromatic carbocycles. The predicted molar refractivity (Wildman–Crippen MR) is 89.3 cm³/mol. The molecule has 1 aromatic rings. The topological polar surface area (TPSA) is 65.8 Å². The normalized spacial score (nSPS) is 10.8. The SMILES string of the molecule is C=NC(=NC(CC)=C(C)C)c1ccc(NC(=O)NC)cc1. The van der Waals surface area contributed by atoms with E-state index >= 15 is 0 Å². The van der Waals surface area contributed by atoms with Crippen LogP contribution in [-0.2, 0) is 0 Å². The largest absolute Gasteiger partial charge is 0.341 e. The molecule has 0 saturated heterocycles. The number of nitrogens with one attached hydrogen (secondary N) is 2. The summed E-state index contributed by atoms with van der Waals surface area (Å²) in [6.07, 6.45) is 0.845. The van der Waals surface area contributed by atoms with Gasteiger partial charge in [-0.2, -0.15) is 0 Å². The summed E-state index contributed by atoms with van der Waals surface area (Å²) < 4.78 is 0. The van der Waals surface area contributed by atoms with Gasteiger partial charge in [0.25, 0.3) is 0 Å². The molecular weight excluding hydrogens is 264 g/mol. The lowest BCUT2D eigenvalue weighted by atomic mass is 10.1. The van der Waals surface area contributed by atoms with Crippen molar-refractivity contribution >= 4 is 24.3 Å². The maximum absolute atomic E-state index is 11.2. The standard InChI is InChI=1S/C16H22N4O/c1-6-14(11(2)3)20-15(17-4)12-7-9-13(10-8-12)19-16(21)18-5/h7-10H,4,6H2,1-3,5H3,(H2,18,19,21). The van der Waals surface area contributed by atoms with E-state index < -0.39 is 0 Å². The average Bonchev–Trinajstić information content (AvgIpc) is 2.49. The van der Waals surface area contributed by atoms with Crippen molar-refractivity contribution in [3.63, 3.8) is 0 Å². The highest BCUT2D eigenvalue weighted by Crippen LogP contribution is 2.15. The van der Waals surface area contributed by atoms with Gasteiger partial charge in [-0.3, -0.25) is 0 Å². The Morgan fingerprint density at radius 3 is 2.29 bits per heavy atom. The Kier molecular flexibility index (Phi) is 6.33. The number of amides is 2. The van der Waals surface area contributed by atoms with Gasteiger partial charge in [-0.05, 0) is 51.3 Å². The molecule has 0 saturated carbocycles. The van der Waals surface area contributed by atoms with E-state index in [-0.39, 0.29) is 6.03 Å². The minimum atomic E-state index is -0.253. The van der Waals surface area contributed by atoms with Gasteiger partial charge < -0.3 is 10.6 Å². The van der Waals surface area contributed by atoms with Crippen LogP contribution in [0, 0.1) is 0 Å². The van der Waals surface area contributed by atoms with Gasteiger partial charge in [0.05, 0.1) is 0 Å². The number of aliphatic imine (C=N–C) groups is 2. The zero-order valence-electron chi connectivity index (χ0n) is 13.0. The molecule has 0 aromatic heterocycles. The molecule has 0 aliphatic carbocycles. The second-order valence-electron chi connectivity index (χ2n) is 4.68. The summed E-state index contributed by atoms with van der Waals surface area (Å²) in [5, 5.41) is 5.20. The van der Waals surface area contributed by atoms with Crippen molar-refractivity contribution in [3.05, 3.63) is 41.1 Å². The third-order valence-electron chi connectivity index (χ3n) is 2.93. The van der Waals surface area contributed by atoms with Crippen LogP contribution in [0.1, 0.15) is 32.8 Å². The fourth-order valence-corrected chi connectivity index (χ4v) is 1.76. The van der Waals surface area contributed by atoms with E-state index in [0.717, 1.165) is 23.3 Å². The van der Waals surface area contributed by atoms with Crippen LogP contribution in [0.5, 0.6) is 0 Å². The van der Waals surface area contributed by atoms with Crippen molar-refractivity contribution < 1.29 is 4.79 Å². The lowest BCUT2D eigenvalue weighted by Crippen LogP contribution is -2.24. The summed E-state index contributed by atoms with van der Waals surface area (Å²) in [6, 6.07) is 7.07. The van der Waals surface area contributed by atoms with E-state index in [0.29, 0.717) is 11.5 Å². The first-order chi connectivity index (χ1) is 10.0. The van der Waals surface area contributed by atoms with Gasteiger partial charge in [-0.15, -0.1) is 0 Å². The summed E-state index contributed by atoms with van der Waals surface area (Å²) in [6.45, 7) is 9.70. The van der Waals surface area contributed by atoms with Gasteiger partial charge in [-0.25, -0.2) is 14.8 Å². The maximum Gasteiger partial charge on any atom is 0.318 e. The quantitative estimate of drug-likeness (QED) is 0.644. The summed E-state index contributed by atoms with van der Waals surface area (Å²) in [5.74, 6) is 0.583. The monoisotopic (exact) mass is 286 g/mol. The van der Waals surface area contributed by atoms with Crippen molar-refractivity contribution in [2.24, 2.45) is 9.98 Å². The molecule has 0 bridgehead atoms. The van der Waals surface area contributed by atoms with Gasteiger partial charge in [-0.1, -0.05) is 12.5 Å². The second-order valence-corrected chi connectivity index (χ2v) is 4.68. The molecule has 21 heavy (non-hydrogen) atoms. The molecule has 0 aliphatic heterocycles. The van der Waals surface area contributed by atoms with E-state index in [1.807, 2.05) is 26.0 Å². The Morgan fingerprint density at radius 1 is 1.24 bits per heavy atom. The summed E-state index contributed by atoms with van der Waals surface area (Å²) in [5.41, 5.74) is 3.74. The Labute approximate surface area is 125 Å². The Bertz CT molecular complexity index is 566. The lowest BCUT2D eigenvalue weighted by Gasteiger charge is -2.07. The smallest absolute Gasteiger partial charge is 0.318 e. The maximum atomic E-state index is 11.2. The number of urea groups is 1. The van der Waals surface area contributed by atoms with Crippen molar-refractivity contribution in [1.82, 2.24) is 5.32 Å². The van der Waals surface area contributed by atoms with Crippen molar-refractivity contribution in [3.8, 4) is 0 Å².